The Bertz CT molecular complexity index is 998. The SMILES string of the molecule is COc1ccc([C@H]2CCCCCN2C(=O)CCc2ncc(-c3ccc(F)cc3)o2)cc1. The zero-order valence-electron chi connectivity index (χ0n) is 17.7. The lowest BCUT2D eigenvalue weighted by Crippen LogP contribution is -2.35. The number of carbonyl (C=O) groups excluding carboxylic acids is 1. The minimum absolute atomic E-state index is 0.0836. The van der Waals surface area contributed by atoms with Gasteiger partial charge in [0.25, 0.3) is 0 Å². The number of aryl methyl sites for hydroxylation is 1. The maximum absolute atomic E-state index is 13.1. The first-order chi connectivity index (χ1) is 15.1. The Hall–Kier alpha value is -3.15. The monoisotopic (exact) mass is 422 g/mol. The molecule has 1 aliphatic heterocycles. The fourth-order valence-corrected chi connectivity index (χ4v) is 4.11. The van der Waals surface area contributed by atoms with Crippen LogP contribution in [-0.2, 0) is 11.2 Å². The van der Waals surface area contributed by atoms with Gasteiger partial charge >= 0.3 is 0 Å². The molecular weight excluding hydrogens is 395 g/mol. The van der Waals surface area contributed by atoms with Gasteiger partial charge < -0.3 is 14.1 Å². The van der Waals surface area contributed by atoms with Crippen molar-refractivity contribution in [2.45, 2.75) is 44.6 Å². The second-order valence-corrected chi connectivity index (χ2v) is 7.85. The van der Waals surface area contributed by atoms with Crippen LogP contribution in [-0.4, -0.2) is 29.4 Å². The van der Waals surface area contributed by atoms with Crippen molar-refractivity contribution in [3.63, 3.8) is 0 Å². The van der Waals surface area contributed by atoms with Crippen LogP contribution in [0.5, 0.6) is 5.75 Å². The number of benzene rings is 2. The van der Waals surface area contributed by atoms with Gasteiger partial charge in [-0.1, -0.05) is 25.0 Å². The third-order valence-corrected chi connectivity index (χ3v) is 5.81. The zero-order valence-corrected chi connectivity index (χ0v) is 17.7. The molecule has 1 atom stereocenters. The van der Waals surface area contributed by atoms with E-state index in [1.807, 2.05) is 17.0 Å². The first kappa shape index (κ1) is 21.1. The summed E-state index contributed by atoms with van der Waals surface area (Å²) in [6.45, 7) is 0.766. The van der Waals surface area contributed by atoms with Crippen LogP contribution in [0.25, 0.3) is 11.3 Å². The van der Waals surface area contributed by atoms with Crippen LogP contribution >= 0.6 is 0 Å². The van der Waals surface area contributed by atoms with Gasteiger partial charge in [0.15, 0.2) is 11.7 Å². The fourth-order valence-electron chi connectivity index (χ4n) is 4.11. The van der Waals surface area contributed by atoms with E-state index in [2.05, 4.69) is 17.1 Å². The molecule has 1 amide bonds. The van der Waals surface area contributed by atoms with Crippen LogP contribution in [0.15, 0.2) is 59.1 Å². The number of halogens is 1. The van der Waals surface area contributed by atoms with Crippen molar-refractivity contribution in [1.29, 1.82) is 0 Å². The Kier molecular flexibility index (Phi) is 6.65. The first-order valence-corrected chi connectivity index (χ1v) is 10.8. The molecule has 0 N–H and O–H groups in total. The molecule has 1 saturated heterocycles. The van der Waals surface area contributed by atoms with E-state index in [1.54, 1.807) is 25.4 Å². The average molecular weight is 423 g/mol. The summed E-state index contributed by atoms with van der Waals surface area (Å²) in [7, 11) is 1.65. The van der Waals surface area contributed by atoms with Crippen molar-refractivity contribution in [1.82, 2.24) is 9.88 Å². The molecule has 162 valence electrons. The van der Waals surface area contributed by atoms with Gasteiger partial charge in [-0.05, 0) is 54.8 Å². The van der Waals surface area contributed by atoms with E-state index in [9.17, 15) is 9.18 Å². The van der Waals surface area contributed by atoms with Gasteiger partial charge in [-0.25, -0.2) is 9.37 Å². The molecule has 6 heteroatoms. The van der Waals surface area contributed by atoms with Crippen LogP contribution in [0, 0.1) is 5.82 Å². The molecule has 3 aromatic rings. The standard InChI is InChI=1S/C25H27FN2O3/c1-30-21-12-8-18(9-13-21)22-5-3-2-4-16-28(22)25(29)15-14-24-27-17-23(31-24)19-6-10-20(26)11-7-19/h6-13,17,22H,2-5,14-16H2,1H3/t22-/m1/s1. The lowest BCUT2D eigenvalue weighted by Gasteiger charge is -2.30. The van der Waals surface area contributed by atoms with E-state index in [0.29, 0.717) is 24.5 Å². The summed E-state index contributed by atoms with van der Waals surface area (Å²) in [4.78, 5) is 19.4. The zero-order chi connectivity index (χ0) is 21.6. The van der Waals surface area contributed by atoms with Gasteiger partial charge in [0.1, 0.15) is 11.6 Å². The van der Waals surface area contributed by atoms with Crippen LogP contribution in [0.3, 0.4) is 0 Å². The van der Waals surface area contributed by atoms with Crippen LogP contribution in [0.4, 0.5) is 4.39 Å². The van der Waals surface area contributed by atoms with E-state index < -0.39 is 0 Å². The summed E-state index contributed by atoms with van der Waals surface area (Å²) >= 11 is 0. The molecule has 0 spiro atoms. The van der Waals surface area contributed by atoms with Gasteiger partial charge in [-0.2, -0.15) is 0 Å². The molecule has 0 radical (unpaired) electrons. The Morgan fingerprint density at radius 2 is 1.90 bits per heavy atom. The maximum Gasteiger partial charge on any atom is 0.223 e. The molecule has 2 heterocycles. The van der Waals surface area contributed by atoms with Gasteiger partial charge in [0.05, 0.1) is 19.3 Å². The molecule has 2 aromatic carbocycles. The quantitative estimate of drug-likeness (QED) is 0.521. The van der Waals surface area contributed by atoms with Crippen molar-refractivity contribution in [3.8, 4) is 17.1 Å². The van der Waals surface area contributed by atoms with Crippen molar-refractivity contribution in [2.75, 3.05) is 13.7 Å². The lowest BCUT2D eigenvalue weighted by molar-refractivity contribution is -0.133. The molecular formula is C25H27FN2O3. The summed E-state index contributed by atoms with van der Waals surface area (Å²) in [5.74, 6) is 1.73. The Labute approximate surface area is 181 Å². The molecule has 0 saturated carbocycles. The van der Waals surface area contributed by atoms with Gasteiger partial charge in [0, 0.05) is 24.9 Å². The number of oxazole rings is 1. The van der Waals surface area contributed by atoms with E-state index in [-0.39, 0.29) is 17.8 Å². The third-order valence-electron chi connectivity index (χ3n) is 5.81. The lowest BCUT2D eigenvalue weighted by atomic mass is 10.00. The van der Waals surface area contributed by atoms with E-state index >= 15 is 0 Å². The van der Waals surface area contributed by atoms with Crippen molar-refractivity contribution in [3.05, 3.63) is 72.0 Å². The molecule has 0 unspecified atom stereocenters. The number of aromatic nitrogens is 1. The van der Waals surface area contributed by atoms with Crippen molar-refractivity contribution < 1.29 is 18.3 Å². The van der Waals surface area contributed by atoms with Crippen molar-refractivity contribution in [2.24, 2.45) is 0 Å². The highest BCUT2D eigenvalue weighted by Crippen LogP contribution is 2.32. The normalized spacial score (nSPS) is 16.7. The number of nitrogens with zero attached hydrogens (tertiary/aromatic N) is 2. The third kappa shape index (κ3) is 5.13. The number of likely N-dealkylation sites (tertiary alicyclic amines) is 1. The molecule has 1 aromatic heterocycles. The average Bonchev–Trinajstić information content (AvgIpc) is 3.14. The molecule has 1 aliphatic rings. The minimum Gasteiger partial charge on any atom is -0.497 e. The van der Waals surface area contributed by atoms with Crippen molar-refractivity contribution >= 4 is 5.91 Å². The molecule has 1 fully saturated rings. The number of rotatable bonds is 6. The Morgan fingerprint density at radius 3 is 2.65 bits per heavy atom. The molecule has 0 aliphatic carbocycles. The molecule has 31 heavy (non-hydrogen) atoms. The predicted octanol–water partition coefficient (Wildman–Crippen LogP) is 5.57. The van der Waals surface area contributed by atoms with Gasteiger partial charge in [-0.15, -0.1) is 0 Å². The van der Waals surface area contributed by atoms with Crippen LogP contribution < -0.4 is 4.74 Å². The number of methoxy groups -OCH3 is 1. The minimum atomic E-state index is -0.294. The summed E-state index contributed by atoms with van der Waals surface area (Å²) < 4.78 is 24.2. The molecule has 4 rings (SSSR count). The second kappa shape index (κ2) is 9.77. The largest absolute Gasteiger partial charge is 0.497 e. The van der Waals surface area contributed by atoms with Crippen LogP contribution in [0.1, 0.15) is 49.6 Å². The van der Waals surface area contributed by atoms with Crippen LogP contribution in [0.2, 0.25) is 0 Å². The van der Waals surface area contributed by atoms with E-state index in [1.165, 1.54) is 12.1 Å². The topological polar surface area (TPSA) is 55.6 Å². The number of hydrogen-bond donors (Lipinski definition) is 0. The highest BCUT2D eigenvalue weighted by atomic mass is 19.1. The Morgan fingerprint density at radius 1 is 1.13 bits per heavy atom. The highest BCUT2D eigenvalue weighted by Gasteiger charge is 2.27. The summed E-state index contributed by atoms with van der Waals surface area (Å²) in [5.41, 5.74) is 1.91. The fraction of sp³-hybridized carbons (Fsp3) is 0.360. The Balaban J connectivity index is 1.42. The van der Waals surface area contributed by atoms with Gasteiger partial charge in [-0.3, -0.25) is 4.79 Å². The maximum atomic E-state index is 13.1. The number of ether oxygens (including phenoxy) is 1. The predicted molar refractivity (Wildman–Crippen MR) is 116 cm³/mol. The van der Waals surface area contributed by atoms with E-state index in [0.717, 1.165) is 49.1 Å². The highest BCUT2D eigenvalue weighted by molar-refractivity contribution is 5.77. The molecule has 0 bridgehead atoms. The number of hydrogen-bond acceptors (Lipinski definition) is 4. The summed E-state index contributed by atoms with van der Waals surface area (Å²) in [6, 6.07) is 14.2. The second-order valence-electron chi connectivity index (χ2n) is 7.85. The molecule has 5 nitrogen and oxygen atoms in total. The van der Waals surface area contributed by atoms with E-state index in [4.69, 9.17) is 9.15 Å². The first-order valence-electron chi connectivity index (χ1n) is 10.8. The number of carbonyl (C=O) groups is 1. The number of amides is 1. The summed E-state index contributed by atoms with van der Waals surface area (Å²) in [6.07, 6.45) is 6.64. The van der Waals surface area contributed by atoms with Gasteiger partial charge in [0.2, 0.25) is 5.91 Å². The summed E-state index contributed by atoms with van der Waals surface area (Å²) in [5, 5.41) is 0. The smallest absolute Gasteiger partial charge is 0.223 e.